The number of carbonyl (C=O) groups excluding carboxylic acids is 1. The van der Waals surface area contributed by atoms with Crippen molar-refractivity contribution in [1.82, 2.24) is 19.7 Å². The van der Waals surface area contributed by atoms with E-state index in [0.29, 0.717) is 17.2 Å². The largest absolute Gasteiger partial charge is 0.298 e. The van der Waals surface area contributed by atoms with Crippen LogP contribution >= 0.6 is 0 Å². The maximum absolute atomic E-state index is 12.4. The summed E-state index contributed by atoms with van der Waals surface area (Å²) in [6, 6.07) is 13.7. The number of nitrogens with zero attached hydrogens (tertiary/aromatic N) is 5. The monoisotopic (exact) mass is 321 g/mol. The Bertz CT molecular complexity index is 894. The highest BCUT2D eigenvalue weighted by Crippen LogP contribution is 2.11. The summed E-state index contributed by atoms with van der Waals surface area (Å²) in [4.78, 5) is 34.1. The average molecular weight is 321 g/mol. The summed E-state index contributed by atoms with van der Waals surface area (Å²) < 4.78 is 1.13. The molecule has 3 heterocycles. The fourth-order valence-corrected chi connectivity index (χ4v) is 2.13. The number of rotatable bonds is 4. The van der Waals surface area contributed by atoms with Crippen molar-refractivity contribution >= 4 is 11.7 Å². The standard InChI is InChI=1S/C17H15N5O2/c1-21(15-7-3-5-11-19-15)17(24)12-22-16(23)9-8-14(20-22)13-6-2-4-10-18-13/h2-11H,12H2,1H3. The Hall–Kier alpha value is -3.35. The van der Waals surface area contributed by atoms with E-state index in [0.717, 1.165) is 4.68 Å². The van der Waals surface area contributed by atoms with E-state index in [-0.39, 0.29) is 18.0 Å². The van der Waals surface area contributed by atoms with E-state index in [4.69, 9.17) is 0 Å². The topological polar surface area (TPSA) is 81.0 Å². The smallest absolute Gasteiger partial charge is 0.267 e. The van der Waals surface area contributed by atoms with Gasteiger partial charge in [-0.25, -0.2) is 9.67 Å². The Balaban J connectivity index is 1.85. The highest BCUT2D eigenvalue weighted by molar-refractivity contribution is 5.91. The van der Waals surface area contributed by atoms with Gasteiger partial charge in [0.15, 0.2) is 0 Å². The van der Waals surface area contributed by atoms with Gasteiger partial charge in [0.1, 0.15) is 18.1 Å². The lowest BCUT2D eigenvalue weighted by atomic mass is 10.2. The number of pyridine rings is 2. The Labute approximate surface area is 138 Å². The normalized spacial score (nSPS) is 10.4. The first-order valence-electron chi connectivity index (χ1n) is 7.32. The molecule has 0 aliphatic rings. The molecule has 0 N–H and O–H groups in total. The summed E-state index contributed by atoms with van der Waals surface area (Å²) >= 11 is 0. The van der Waals surface area contributed by atoms with Crippen LogP contribution in [0.1, 0.15) is 0 Å². The molecule has 0 atom stereocenters. The number of hydrogen-bond donors (Lipinski definition) is 0. The highest BCUT2D eigenvalue weighted by Gasteiger charge is 2.14. The maximum Gasteiger partial charge on any atom is 0.267 e. The second-order valence-electron chi connectivity index (χ2n) is 5.07. The lowest BCUT2D eigenvalue weighted by Gasteiger charge is -2.16. The molecule has 24 heavy (non-hydrogen) atoms. The molecule has 0 saturated heterocycles. The molecule has 0 aliphatic heterocycles. The predicted molar refractivity (Wildman–Crippen MR) is 89.4 cm³/mol. The molecule has 0 bridgehead atoms. The Morgan fingerprint density at radius 2 is 1.75 bits per heavy atom. The van der Waals surface area contributed by atoms with Crippen molar-refractivity contribution in [1.29, 1.82) is 0 Å². The van der Waals surface area contributed by atoms with Crippen LogP contribution in [0.15, 0.2) is 65.7 Å². The fraction of sp³-hybridized carbons (Fsp3) is 0.118. The van der Waals surface area contributed by atoms with E-state index in [9.17, 15) is 9.59 Å². The number of likely N-dealkylation sites (N-methyl/N-ethyl adjacent to an activating group) is 1. The Morgan fingerprint density at radius 3 is 2.42 bits per heavy atom. The first kappa shape index (κ1) is 15.5. The quantitative estimate of drug-likeness (QED) is 0.725. The van der Waals surface area contributed by atoms with Gasteiger partial charge < -0.3 is 0 Å². The number of aromatic nitrogens is 4. The minimum Gasteiger partial charge on any atom is -0.298 e. The SMILES string of the molecule is CN(C(=O)Cn1nc(-c2ccccn2)ccc1=O)c1ccccn1. The van der Waals surface area contributed by atoms with Crippen LogP contribution in [-0.4, -0.2) is 32.7 Å². The Morgan fingerprint density at radius 1 is 1.00 bits per heavy atom. The van der Waals surface area contributed by atoms with Gasteiger partial charge in [-0.3, -0.25) is 19.5 Å². The molecule has 0 aliphatic carbocycles. The number of carbonyl (C=O) groups is 1. The third-order valence-corrected chi connectivity index (χ3v) is 3.45. The van der Waals surface area contributed by atoms with Gasteiger partial charge in [0.2, 0.25) is 5.91 Å². The van der Waals surface area contributed by atoms with E-state index in [2.05, 4.69) is 15.1 Å². The minimum atomic E-state index is -0.350. The first-order chi connectivity index (χ1) is 11.6. The summed E-state index contributed by atoms with van der Waals surface area (Å²) in [5.41, 5.74) is 0.817. The van der Waals surface area contributed by atoms with Crippen LogP contribution in [0.2, 0.25) is 0 Å². The van der Waals surface area contributed by atoms with Crippen LogP contribution in [0.3, 0.4) is 0 Å². The van der Waals surface area contributed by atoms with Gasteiger partial charge in [-0.2, -0.15) is 5.10 Å². The molecule has 7 heteroatoms. The van der Waals surface area contributed by atoms with Crippen molar-refractivity contribution in [3.05, 3.63) is 71.3 Å². The van der Waals surface area contributed by atoms with Crippen LogP contribution < -0.4 is 10.5 Å². The molecule has 0 fully saturated rings. The van der Waals surface area contributed by atoms with Gasteiger partial charge in [0, 0.05) is 25.5 Å². The van der Waals surface area contributed by atoms with E-state index < -0.39 is 0 Å². The molecule has 3 aromatic rings. The third kappa shape index (κ3) is 3.35. The molecule has 1 amide bonds. The van der Waals surface area contributed by atoms with E-state index in [1.54, 1.807) is 55.8 Å². The molecule has 3 aromatic heterocycles. The predicted octanol–water partition coefficient (Wildman–Crippen LogP) is 1.36. The summed E-state index contributed by atoms with van der Waals surface area (Å²) in [5, 5.41) is 4.23. The third-order valence-electron chi connectivity index (χ3n) is 3.45. The first-order valence-corrected chi connectivity index (χ1v) is 7.32. The van der Waals surface area contributed by atoms with Crippen LogP contribution in [0, 0.1) is 0 Å². The zero-order chi connectivity index (χ0) is 16.9. The second-order valence-corrected chi connectivity index (χ2v) is 5.07. The van der Waals surface area contributed by atoms with Gasteiger partial charge in [-0.1, -0.05) is 12.1 Å². The molecule has 3 rings (SSSR count). The molecule has 120 valence electrons. The van der Waals surface area contributed by atoms with Crippen LogP contribution in [0.25, 0.3) is 11.4 Å². The number of amides is 1. The van der Waals surface area contributed by atoms with Gasteiger partial charge in [0.25, 0.3) is 5.56 Å². The summed E-state index contributed by atoms with van der Waals surface area (Å²) in [5.74, 6) is 0.220. The molecular formula is C17H15N5O2. The van der Waals surface area contributed by atoms with Crippen molar-refractivity contribution in [3.8, 4) is 11.4 Å². The van der Waals surface area contributed by atoms with Crippen LogP contribution in [-0.2, 0) is 11.3 Å². The fourth-order valence-electron chi connectivity index (χ4n) is 2.13. The number of anilines is 1. The zero-order valence-electron chi connectivity index (χ0n) is 13.0. The van der Waals surface area contributed by atoms with Crippen LogP contribution in [0.4, 0.5) is 5.82 Å². The molecular weight excluding hydrogens is 306 g/mol. The lowest BCUT2D eigenvalue weighted by Crippen LogP contribution is -2.35. The van der Waals surface area contributed by atoms with Gasteiger partial charge in [-0.05, 0) is 30.3 Å². The van der Waals surface area contributed by atoms with E-state index in [1.807, 2.05) is 6.07 Å². The van der Waals surface area contributed by atoms with Gasteiger partial charge >= 0.3 is 0 Å². The minimum absolute atomic E-state index is 0.174. The van der Waals surface area contributed by atoms with Crippen molar-refractivity contribution < 1.29 is 4.79 Å². The zero-order valence-corrected chi connectivity index (χ0v) is 13.0. The molecule has 0 saturated carbocycles. The maximum atomic E-state index is 12.4. The Kier molecular flexibility index (Phi) is 4.42. The summed E-state index contributed by atoms with van der Waals surface area (Å²) in [7, 11) is 1.61. The summed E-state index contributed by atoms with van der Waals surface area (Å²) in [6.07, 6.45) is 3.25. The van der Waals surface area contributed by atoms with E-state index in [1.165, 1.54) is 11.0 Å². The second kappa shape index (κ2) is 6.82. The molecule has 0 unspecified atom stereocenters. The summed E-state index contributed by atoms with van der Waals surface area (Å²) in [6.45, 7) is -0.174. The van der Waals surface area contributed by atoms with Crippen molar-refractivity contribution in [2.45, 2.75) is 6.54 Å². The lowest BCUT2D eigenvalue weighted by molar-refractivity contribution is -0.119. The van der Waals surface area contributed by atoms with Gasteiger partial charge in [-0.15, -0.1) is 0 Å². The van der Waals surface area contributed by atoms with Crippen molar-refractivity contribution in [3.63, 3.8) is 0 Å². The van der Waals surface area contributed by atoms with Crippen molar-refractivity contribution in [2.75, 3.05) is 11.9 Å². The number of hydrogen-bond acceptors (Lipinski definition) is 5. The van der Waals surface area contributed by atoms with Crippen molar-refractivity contribution in [2.24, 2.45) is 0 Å². The molecule has 0 radical (unpaired) electrons. The van der Waals surface area contributed by atoms with Gasteiger partial charge in [0.05, 0.1) is 5.69 Å². The average Bonchev–Trinajstić information content (AvgIpc) is 2.64. The molecule has 0 spiro atoms. The van der Waals surface area contributed by atoms with E-state index >= 15 is 0 Å². The highest BCUT2D eigenvalue weighted by atomic mass is 16.2. The molecule has 7 nitrogen and oxygen atoms in total. The molecule has 0 aromatic carbocycles. The van der Waals surface area contributed by atoms with Crippen LogP contribution in [0.5, 0.6) is 0 Å².